The molecule has 1 aromatic heterocycles. The van der Waals surface area contributed by atoms with E-state index in [1.54, 1.807) is 6.20 Å². The predicted octanol–water partition coefficient (Wildman–Crippen LogP) is 0.794. The van der Waals surface area contributed by atoms with Gasteiger partial charge in [0.25, 0.3) is 0 Å². The summed E-state index contributed by atoms with van der Waals surface area (Å²) in [5.41, 5.74) is 0. The Hall–Kier alpha value is -1.16. The molecule has 0 radical (unpaired) electrons. The normalized spacial score (nSPS) is 19.2. The summed E-state index contributed by atoms with van der Waals surface area (Å²) in [6.07, 6.45) is 6.92. The second-order valence-electron chi connectivity index (χ2n) is 4.08. The van der Waals surface area contributed by atoms with Crippen LogP contribution in [0.25, 0.3) is 0 Å². The Bertz CT molecular complexity index is 289. The first-order valence-corrected chi connectivity index (χ1v) is 5.53. The Morgan fingerprint density at radius 3 is 2.73 bits per heavy atom. The monoisotopic (exact) mass is 207 g/mol. The Morgan fingerprint density at radius 2 is 2.13 bits per heavy atom. The lowest BCUT2D eigenvalue weighted by molar-refractivity contribution is -0.112. The molecule has 0 N–H and O–H groups in total. The first-order chi connectivity index (χ1) is 7.38. The van der Waals surface area contributed by atoms with Crippen LogP contribution in [0.2, 0.25) is 0 Å². The molecule has 4 heteroatoms. The number of hydrogen-bond acceptors (Lipinski definition) is 3. The fourth-order valence-electron chi connectivity index (χ4n) is 1.99. The van der Waals surface area contributed by atoms with Gasteiger partial charge in [-0.25, -0.2) is 0 Å². The summed E-state index contributed by atoms with van der Waals surface area (Å²) in [6.45, 7) is 4.07. The molecule has 0 spiro atoms. The van der Waals surface area contributed by atoms with Crippen LogP contribution < -0.4 is 0 Å². The van der Waals surface area contributed by atoms with E-state index < -0.39 is 0 Å². The summed E-state index contributed by atoms with van der Waals surface area (Å²) in [7, 11) is 0. The van der Waals surface area contributed by atoms with Gasteiger partial charge in [-0.3, -0.25) is 4.68 Å². The number of nitrogens with zero attached hydrogens (tertiary/aromatic N) is 3. The highest BCUT2D eigenvalue weighted by Crippen LogP contribution is 2.14. The van der Waals surface area contributed by atoms with E-state index >= 15 is 0 Å². The lowest BCUT2D eigenvalue weighted by Crippen LogP contribution is -2.36. The average molecular weight is 207 g/mol. The first-order valence-electron chi connectivity index (χ1n) is 5.53. The van der Waals surface area contributed by atoms with E-state index in [4.69, 9.17) is 0 Å². The van der Waals surface area contributed by atoms with Crippen molar-refractivity contribution in [1.29, 1.82) is 0 Å². The number of likely N-dealkylation sites (tertiary alicyclic amines) is 1. The molecule has 4 nitrogen and oxygen atoms in total. The van der Waals surface area contributed by atoms with Crippen molar-refractivity contribution in [2.75, 3.05) is 19.6 Å². The molecule has 0 atom stereocenters. The van der Waals surface area contributed by atoms with Crippen molar-refractivity contribution >= 4 is 6.29 Å². The van der Waals surface area contributed by atoms with Crippen LogP contribution >= 0.6 is 0 Å². The number of hydrogen-bond donors (Lipinski definition) is 0. The SMILES string of the molecule is O=CC1CCN(CCn2cccn2)CC1. The van der Waals surface area contributed by atoms with Crippen molar-refractivity contribution in [2.45, 2.75) is 19.4 Å². The summed E-state index contributed by atoms with van der Waals surface area (Å²) < 4.78 is 1.95. The highest BCUT2D eigenvalue weighted by Gasteiger charge is 2.17. The zero-order chi connectivity index (χ0) is 10.5. The predicted molar refractivity (Wildman–Crippen MR) is 57.5 cm³/mol. The highest BCUT2D eigenvalue weighted by molar-refractivity contribution is 5.53. The maximum Gasteiger partial charge on any atom is 0.123 e. The van der Waals surface area contributed by atoms with Crippen LogP contribution in [0.4, 0.5) is 0 Å². The molecular weight excluding hydrogens is 190 g/mol. The molecule has 1 aromatic rings. The van der Waals surface area contributed by atoms with Gasteiger partial charge in [0.1, 0.15) is 6.29 Å². The van der Waals surface area contributed by atoms with Crippen LogP contribution in [-0.4, -0.2) is 40.6 Å². The minimum absolute atomic E-state index is 0.297. The van der Waals surface area contributed by atoms with Gasteiger partial charge in [0, 0.05) is 24.9 Å². The van der Waals surface area contributed by atoms with Crippen molar-refractivity contribution in [1.82, 2.24) is 14.7 Å². The molecule has 0 aliphatic carbocycles. The fraction of sp³-hybridized carbons (Fsp3) is 0.636. The van der Waals surface area contributed by atoms with Gasteiger partial charge < -0.3 is 9.69 Å². The standard InChI is InChI=1S/C11H17N3O/c15-10-11-2-6-13(7-3-11)8-9-14-5-1-4-12-14/h1,4-5,10-11H,2-3,6-9H2. The van der Waals surface area contributed by atoms with Gasteiger partial charge in [-0.05, 0) is 32.0 Å². The molecule has 82 valence electrons. The Morgan fingerprint density at radius 1 is 1.33 bits per heavy atom. The average Bonchev–Trinajstić information content (AvgIpc) is 2.80. The fourth-order valence-corrected chi connectivity index (χ4v) is 1.99. The van der Waals surface area contributed by atoms with Crippen molar-refractivity contribution < 1.29 is 4.79 Å². The molecule has 15 heavy (non-hydrogen) atoms. The van der Waals surface area contributed by atoms with Crippen molar-refractivity contribution in [3.05, 3.63) is 18.5 Å². The van der Waals surface area contributed by atoms with E-state index in [-0.39, 0.29) is 0 Å². The molecule has 2 heterocycles. The first kappa shape index (κ1) is 10.4. The quantitative estimate of drug-likeness (QED) is 0.685. The molecule has 1 aliphatic rings. The molecule has 1 saturated heterocycles. The van der Waals surface area contributed by atoms with E-state index in [1.165, 1.54) is 0 Å². The number of aromatic nitrogens is 2. The van der Waals surface area contributed by atoms with Crippen molar-refractivity contribution in [3.8, 4) is 0 Å². The summed E-state index contributed by atoms with van der Waals surface area (Å²) in [4.78, 5) is 13.0. The molecule has 2 rings (SSSR count). The Balaban J connectivity index is 1.71. The molecule has 1 aliphatic heterocycles. The molecule has 1 fully saturated rings. The topological polar surface area (TPSA) is 38.1 Å². The molecule has 0 saturated carbocycles. The molecular formula is C11H17N3O. The van der Waals surface area contributed by atoms with E-state index in [0.29, 0.717) is 5.92 Å². The minimum atomic E-state index is 0.297. The number of carbonyl (C=O) groups is 1. The van der Waals surface area contributed by atoms with Gasteiger partial charge in [-0.15, -0.1) is 0 Å². The maximum absolute atomic E-state index is 10.6. The Kier molecular flexibility index (Phi) is 3.50. The number of piperidine rings is 1. The van der Waals surface area contributed by atoms with E-state index in [0.717, 1.165) is 45.3 Å². The minimum Gasteiger partial charge on any atom is -0.303 e. The van der Waals surface area contributed by atoms with Crippen LogP contribution in [0.1, 0.15) is 12.8 Å². The van der Waals surface area contributed by atoms with Gasteiger partial charge in [-0.1, -0.05) is 0 Å². The highest BCUT2D eigenvalue weighted by atomic mass is 16.1. The van der Waals surface area contributed by atoms with Crippen LogP contribution in [0.15, 0.2) is 18.5 Å². The van der Waals surface area contributed by atoms with E-state index in [1.807, 2.05) is 16.9 Å². The molecule has 0 bridgehead atoms. The van der Waals surface area contributed by atoms with E-state index in [2.05, 4.69) is 10.00 Å². The molecule has 0 amide bonds. The number of aldehydes is 1. The lowest BCUT2D eigenvalue weighted by atomic mass is 9.99. The second-order valence-corrected chi connectivity index (χ2v) is 4.08. The van der Waals surface area contributed by atoms with Gasteiger partial charge in [0.05, 0.1) is 6.54 Å². The van der Waals surface area contributed by atoms with Crippen molar-refractivity contribution in [3.63, 3.8) is 0 Å². The number of rotatable bonds is 4. The second kappa shape index (κ2) is 5.07. The maximum atomic E-state index is 10.6. The smallest absolute Gasteiger partial charge is 0.123 e. The van der Waals surface area contributed by atoms with Gasteiger partial charge >= 0.3 is 0 Å². The van der Waals surface area contributed by atoms with Gasteiger partial charge in [0.15, 0.2) is 0 Å². The van der Waals surface area contributed by atoms with Crippen molar-refractivity contribution in [2.24, 2.45) is 5.92 Å². The lowest BCUT2D eigenvalue weighted by Gasteiger charge is -2.29. The summed E-state index contributed by atoms with van der Waals surface area (Å²) >= 11 is 0. The van der Waals surface area contributed by atoms with Crippen LogP contribution in [0.5, 0.6) is 0 Å². The molecule has 0 unspecified atom stereocenters. The summed E-state index contributed by atoms with van der Waals surface area (Å²) in [5.74, 6) is 0.297. The third-order valence-corrected chi connectivity index (χ3v) is 3.03. The number of carbonyl (C=O) groups excluding carboxylic acids is 1. The van der Waals surface area contributed by atoms with Crippen LogP contribution in [0, 0.1) is 5.92 Å². The summed E-state index contributed by atoms with van der Waals surface area (Å²) in [5, 5.41) is 4.17. The Labute approximate surface area is 89.9 Å². The third-order valence-electron chi connectivity index (χ3n) is 3.03. The third kappa shape index (κ3) is 2.89. The van der Waals surface area contributed by atoms with Crippen LogP contribution in [0.3, 0.4) is 0 Å². The summed E-state index contributed by atoms with van der Waals surface area (Å²) in [6, 6.07) is 1.94. The van der Waals surface area contributed by atoms with Gasteiger partial charge in [0.2, 0.25) is 0 Å². The largest absolute Gasteiger partial charge is 0.303 e. The van der Waals surface area contributed by atoms with Crippen LogP contribution in [-0.2, 0) is 11.3 Å². The van der Waals surface area contributed by atoms with E-state index in [9.17, 15) is 4.79 Å². The zero-order valence-electron chi connectivity index (χ0n) is 8.88. The molecule has 0 aromatic carbocycles. The van der Waals surface area contributed by atoms with Gasteiger partial charge in [-0.2, -0.15) is 5.10 Å². The zero-order valence-corrected chi connectivity index (χ0v) is 8.88.